The first-order valence-corrected chi connectivity index (χ1v) is 12.0. The molecule has 0 unspecified atom stereocenters. The molecule has 6 nitrogen and oxygen atoms in total. The van der Waals surface area contributed by atoms with Crippen LogP contribution in [0, 0.1) is 10.8 Å². The summed E-state index contributed by atoms with van der Waals surface area (Å²) in [5, 5.41) is 33.2. The third kappa shape index (κ3) is 5.60. The van der Waals surface area contributed by atoms with E-state index in [0.717, 1.165) is 34.9 Å². The molecule has 4 rings (SSSR count). The number of benzene rings is 2. The summed E-state index contributed by atoms with van der Waals surface area (Å²) >= 11 is 0. The lowest BCUT2D eigenvalue weighted by Gasteiger charge is -2.49. The molecule has 2 aromatic carbocycles. The lowest BCUT2D eigenvalue weighted by molar-refractivity contribution is 0.114. The van der Waals surface area contributed by atoms with E-state index in [2.05, 4.69) is 38.0 Å². The molecule has 3 aromatic rings. The largest absolute Gasteiger partial charge is 0.507 e. The Kier molecular flexibility index (Phi) is 6.52. The predicted molar refractivity (Wildman–Crippen MR) is 145 cm³/mol. The van der Waals surface area contributed by atoms with E-state index in [1.165, 1.54) is 0 Å². The van der Waals surface area contributed by atoms with Crippen LogP contribution >= 0.6 is 0 Å². The van der Waals surface area contributed by atoms with Gasteiger partial charge in [-0.05, 0) is 76.3 Å². The second-order valence-electron chi connectivity index (χ2n) is 10.9. The van der Waals surface area contributed by atoms with Gasteiger partial charge < -0.3 is 20.7 Å². The van der Waals surface area contributed by atoms with E-state index < -0.39 is 0 Å². The number of hydrogen-bond donors (Lipinski definition) is 4. The molecule has 1 aliphatic rings. The van der Waals surface area contributed by atoms with Gasteiger partial charge in [0.1, 0.15) is 11.6 Å². The number of nitrogens with one attached hydrogen (secondary N) is 3. The van der Waals surface area contributed by atoms with Crippen LogP contribution in [0.1, 0.15) is 46.1 Å². The maximum atomic E-state index is 10.7. The molecule has 0 amide bonds. The summed E-state index contributed by atoms with van der Waals surface area (Å²) in [5.41, 5.74) is 2.40. The molecule has 35 heavy (non-hydrogen) atoms. The molecule has 1 fully saturated rings. The number of amidine groups is 1. The molecule has 0 radical (unpaired) electrons. The molecule has 6 heteroatoms. The van der Waals surface area contributed by atoms with Crippen LogP contribution in [-0.2, 0) is 0 Å². The lowest BCUT2D eigenvalue weighted by Crippen LogP contribution is -2.62. The number of pyridine rings is 1. The standard InChI is InChI=1S/C29H35N5O/c1-28(2)16-22(17-29(3,4)33-28)34(5)27(31)12-11-24(30)23-13-21-18-32-25(14-20(21)15-26(23)35)19-9-7-6-8-10-19/h6-15,18,22,30-31,33,35H,16-17H2,1-5H3/b12-11-,30-24?,31-27?. The molecule has 4 N–H and O–H groups in total. The van der Waals surface area contributed by atoms with Gasteiger partial charge in [-0.25, -0.2) is 0 Å². The Hall–Kier alpha value is -3.51. The van der Waals surface area contributed by atoms with E-state index in [1.807, 2.05) is 48.3 Å². The third-order valence-corrected chi connectivity index (χ3v) is 6.70. The summed E-state index contributed by atoms with van der Waals surface area (Å²) in [6, 6.07) is 15.5. The SMILES string of the molecule is CN(C(=N)/C=C\C(=N)c1cc2cnc(-c3ccccc3)cc2cc1O)C1CC(C)(C)NC(C)(C)C1. The molecule has 0 atom stereocenters. The minimum atomic E-state index is -0.0112. The van der Waals surface area contributed by atoms with Gasteiger partial charge in [0.05, 0.1) is 11.4 Å². The summed E-state index contributed by atoms with van der Waals surface area (Å²) in [6.07, 6.45) is 6.87. The second-order valence-corrected chi connectivity index (χ2v) is 10.9. The minimum Gasteiger partial charge on any atom is -0.507 e. The Morgan fingerprint density at radius 1 is 1.00 bits per heavy atom. The fourth-order valence-electron chi connectivity index (χ4n) is 5.27. The molecule has 0 saturated carbocycles. The second kappa shape index (κ2) is 9.27. The van der Waals surface area contributed by atoms with E-state index in [1.54, 1.807) is 30.5 Å². The van der Waals surface area contributed by atoms with Crippen LogP contribution in [0.5, 0.6) is 5.75 Å². The normalized spacial score (nSPS) is 17.5. The molecule has 2 heterocycles. The van der Waals surface area contributed by atoms with Gasteiger partial charge in [0.2, 0.25) is 0 Å². The highest BCUT2D eigenvalue weighted by atomic mass is 16.3. The van der Waals surface area contributed by atoms with Crippen molar-refractivity contribution < 1.29 is 5.11 Å². The number of likely N-dealkylation sites (N-methyl/N-ethyl adjacent to an activating group) is 1. The van der Waals surface area contributed by atoms with Gasteiger partial charge in [0.15, 0.2) is 0 Å². The fourth-order valence-corrected chi connectivity index (χ4v) is 5.27. The Bertz CT molecular complexity index is 1280. The number of phenols is 1. The topological polar surface area (TPSA) is 96.1 Å². The van der Waals surface area contributed by atoms with Crippen LogP contribution in [-0.4, -0.2) is 50.7 Å². The first-order valence-electron chi connectivity index (χ1n) is 12.0. The predicted octanol–water partition coefficient (Wildman–Crippen LogP) is 5.75. The Morgan fingerprint density at radius 3 is 2.31 bits per heavy atom. The third-order valence-electron chi connectivity index (χ3n) is 6.70. The lowest BCUT2D eigenvalue weighted by atomic mass is 9.79. The first-order chi connectivity index (χ1) is 16.4. The average Bonchev–Trinajstić information content (AvgIpc) is 2.79. The van der Waals surface area contributed by atoms with Crippen LogP contribution in [0.2, 0.25) is 0 Å². The monoisotopic (exact) mass is 469 g/mol. The van der Waals surface area contributed by atoms with Gasteiger partial charge in [0, 0.05) is 46.9 Å². The van der Waals surface area contributed by atoms with Gasteiger partial charge in [-0.15, -0.1) is 0 Å². The summed E-state index contributed by atoms with van der Waals surface area (Å²) in [6.45, 7) is 8.79. The van der Waals surface area contributed by atoms with Gasteiger partial charge in [-0.1, -0.05) is 30.3 Å². The Labute approximate surface area is 207 Å². The minimum absolute atomic E-state index is 0.0112. The van der Waals surface area contributed by atoms with Crippen molar-refractivity contribution in [2.75, 3.05) is 7.05 Å². The van der Waals surface area contributed by atoms with Crippen molar-refractivity contribution in [1.29, 1.82) is 10.8 Å². The number of rotatable bonds is 5. The molecule has 1 aromatic heterocycles. The first kappa shape index (κ1) is 24.6. The number of aromatic nitrogens is 1. The smallest absolute Gasteiger partial charge is 0.125 e. The molecule has 0 aliphatic carbocycles. The summed E-state index contributed by atoms with van der Waals surface area (Å²) in [7, 11) is 1.95. The number of phenolic OH excluding ortho intramolecular Hbond substituents is 1. The highest BCUT2D eigenvalue weighted by Gasteiger charge is 2.39. The number of allylic oxidation sites excluding steroid dienone is 1. The van der Waals surface area contributed by atoms with Gasteiger partial charge in [0.25, 0.3) is 0 Å². The van der Waals surface area contributed by atoms with Crippen molar-refractivity contribution >= 4 is 22.3 Å². The van der Waals surface area contributed by atoms with Gasteiger partial charge >= 0.3 is 0 Å². The Morgan fingerprint density at radius 2 is 1.66 bits per heavy atom. The van der Waals surface area contributed by atoms with E-state index in [9.17, 15) is 5.11 Å². The summed E-state index contributed by atoms with van der Waals surface area (Å²) in [4.78, 5) is 6.55. The molecular formula is C29H35N5O. The fraction of sp³-hybridized carbons (Fsp3) is 0.345. The van der Waals surface area contributed by atoms with Crippen molar-refractivity contribution in [1.82, 2.24) is 15.2 Å². The van der Waals surface area contributed by atoms with Crippen molar-refractivity contribution in [3.05, 3.63) is 72.4 Å². The number of piperidine rings is 1. The van der Waals surface area contributed by atoms with Crippen molar-refractivity contribution in [2.24, 2.45) is 0 Å². The zero-order chi connectivity index (χ0) is 25.4. The average molecular weight is 470 g/mol. The van der Waals surface area contributed by atoms with Gasteiger partial charge in [-0.3, -0.25) is 10.4 Å². The van der Waals surface area contributed by atoms with Gasteiger partial charge in [-0.2, -0.15) is 0 Å². The molecular weight excluding hydrogens is 434 g/mol. The maximum Gasteiger partial charge on any atom is 0.125 e. The van der Waals surface area contributed by atoms with E-state index in [4.69, 9.17) is 10.8 Å². The van der Waals surface area contributed by atoms with E-state index in [0.29, 0.717) is 11.4 Å². The molecule has 182 valence electrons. The zero-order valence-electron chi connectivity index (χ0n) is 21.2. The van der Waals surface area contributed by atoms with Crippen LogP contribution in [0.4, 0.5) is 0 Å². The van der Waals surface area contributed by atoms with Crippen LogP contribution < -0.4 is 5.32 Å². The number of fused-ring (bicyclic) bond motifs is 1. The van der Waals surface area contributed by atoms with Crippen LogP contribution in [0.3, 0.4) is 0 Å². The highest BCUT2D eigenvalue weighted by Crippen LogP contribution is 2.31. The Balaban J connectivity index is 1.51. The van der Waals surface area contributed by atoms with Crippen molar-refractivity contribution in [3.8, 4) is 17.0 Å². The number of aromatic hydroxyl groups is 1. The number of hydrogen-bond acceptors (Lipinski definition) is 5. The molecule has 0 bridgehead atoms. The van der Waals surface area contributed by atoms with E-state index >= 15 is 0 Å². The summed E-state index contributed by atoms with van der Waals surface area (Å²) in [5.74, 6) is 0.391. The maximum absolute atomic E-state index is 10.7. The van der Waals surface area contributed by atoms with E-state index in [-0.39, 0.29) is 28.6 Å². The highest BCUT2D eigenvalue weighted by molar-refractivity contribution is 6.12. The quantitative estimate of drug-likeness (QED) is 0.283. The van der Waals surface area contributed by atoms with Crippen LogP contribution in [0.15, 0.2) is 66.9 Å². The number of nitrogens with zero attached hydrogens (tertiary/aromatic N) is 2. The molecule has 1 aliphatic heterocycles. The molecule has 1 saturated heterocycles. The molecule has 0 spiro atoms. The summed E-state index contributed by atoms with van der Waals surface area (Å²) < 4.78 is 0. The zero-order valence-corrected chi connectivity index (χ0v) is 21.2. The van der Waals surface area contributed by atoms with Crippen molar-refractivity contribution in [3.63, 3.8) is 0 Å². The van der Waals surface area contributed by atoms with Crippen LogP contribution in [0.25, 0.3) is 22.0 Å². The van der Waals surface area contributed by atoms with Crippen molar-refractivity contribution in [2.45, 2.75) is 57.7 Å².